The summed E-state index contributed by atoms with van der Waals surface area (Å²) in [6.07, 6.45) is 4.37. The Balaban J connectivity index is 1.58. The zero-order valence-electron chi connectivity index (χ0n) is 15.8. The predicted molar refractivity (Wildman–Crippen MR) is 114 cm³/mol. The number of aliphatic imine (C=N–C) groups is 1. The van der Waals surface area contributed by atoms with E-state index in [1.54, 1.807) is 23.1 Å². The molecule has 28 heavy (non-hydrogen) atoms. The van der Waals surface area contributed by atoms with E-state index in [4.69, 9.17) is 0 Å². The molecule has 2 heterocycles. The van der Waals surface area contributed by atoms with Gasteiger partial charge in [-0.05, 0) is 67.4 Å². The highest BCUT2D eigenvalue weighted by molar-refractivity contribution is 8.18. The Morgan fingerprint density at radius 2 is 1.82 bits per heavy atom. The second kappa shape index (κ2) is 8.19. The molecule has 0 bridgehead atoms. The van der Waals surface area contributed by atoms with E-state index in [1.165, 1.54) is 36.4 Å². The molecule has 2 aliphatic heterocycles. The molecule has 0 N–H and O–H groups in total. The zero-order chi connectivity index (χ0) is 19.5. The highest BCUT2D eigenvalue weighted by Gasteiger charge is 2.32. The van der Waals surface area contributed by atoms with Crippen LogP contribution in [-0.2, 0) is 4.79 Å². The molecule has 2 aromatic rings. The number of amides is 1. The molecule has 144 valence electrons. The number of benzene rings is 2. The predicted octanol–water partition coefficient (Wildman–Crippen LogP) is 5.05. The first-order valence-corrected chi connectivity index (χ1v) is 10.4. The van der Waals surface area contributed by atoms with E-state index in [-0.39, 0.29) is 11.6 Å². The van der Waals surface area contributed by atoms with Gasteiger partial charge in [-0.3, -0.25) is 9.69 Å². The molecule has 2 aliphatic rings. The summed E-state index contributed by atoms with van der Waals surface area (Å²) in [5.41, 5.74) is 2.44. The van der Waals surface area contributed by atoms with Crippen LogP contribution in [0.2, 0.25) is 0 Å². The van der Waals surface area contributed by atoms with Crippen molar-refractivity contribution in [3.8, 4) is 0 Å². The highest BCUT2D eigenvalue weighted by atomic mass is 32.2. The van der Waals surface area contributed by atoms with E-state index >= 15 is 0 Å². The largest absolute Gasteiger partial charge is 0.372 e. The third kappa shape index (κ3) is 3.83. The summed E-state index contributed by atoms with van der Waals surface area (Å²) in [6, 6.07) is 14.6. The van der Waals surface area contributed by atoms with E-state index in [9.17, 15) is 9.18 Å². The van der Waals surface area contributed by atoms with Gasteiger partial charge in [-0.15, -0.1) is 0 Å². The lowest BCUT2D eigenvalue weighted by Crippen LogP contribution is -2.28. The SMILES string of the molecule is CCN1C(=O)/C(=C\c2ccc(N3CCCC3)cc2)SC1=Nc1ccccc1F. The monoisotopic (exact) mass is 395 g/mol. The van der Waals surface area contributed by atoms with Crippen LogP contribution in [0.4, 0.5) is 15.8 Å². The molecule has 4 nitrogen and oxygen atoms in total. The number of carbonyl (C=O) groups excluding carboxylic acids is 1. The van der Waals surface area contributed by atoms with Gasteiger partial charge in [0.1, 0.15) is 11.5 Å². The first-order chi connectivity index (χ1) is 13.7. The van der Waals surface area contributed by atoms with E-state index in [0.29, 0.717) is 16.6 Å². The Kier molecular flexibility index (Phi) is 5.48. The van der Waals surface area contributed by atoms with Crippen LogP contribution < -0.4 is 4.90 Å². The molecule has 0 saturated carbocycles. The molecular weight excluding hydrogens is 373 g/mol. The third-order valence-electron chi connectivity index (χ3n) is 4.93. The van der Waals surface area contributed by atoms with E-state index in [2.05, 4.69) is 22.0 Å². The maximum Gasteiger partial charge on any atom is 0.266 e. The van der Waals surface area contributed by atoms with Crippen molar-refractivity contribution in [2.45, 2.75) is 19.8 Å². The Morgan fingerprint density at radius 1 is 1.11 bits per heavy atom. The van der Waals surface area contributed by atoms with E-state index in [0.717, 1.165) is 18.7 Å². The average Bonchev–Trinajstić information content (AvgIpc) is 3.33. The Labute approximate surface area is 168 Å². The van der Waals surface area contributed by atoms with Crippen molar-refractivity contribution in [1.82, 2.24) is 4.90 Å². The van der Waals surface area contributed by atoms with Gasteiger partial charge in [0.25, 0.3) is 5.91 Å². The van der Waals surface area contributed by atoms with Crippen molar-refractivity contribution in [1.29, 1.82) is 0 Å². The molecule has 0 atom stereocenters. The van der Waals surface area contributed by atoms with E-state index < -0.39 is 5.82 Å². The van der Waals surface area contributed by atoms with Crippen molar-refractivity contribution in [3.63, 3.8) is 0 Å². The molecule has 4 rings (SSSR count). The van der Waals surface area contributed by atoms with Gasteiger partial charge < -0.3 is 4.90 Å². The maximum atomic E-state index is 13.9. The van der Waals surface area contributed by atoms with Crippen molar-refractivity contribution in [2.75, 3.05) is 24.5 Å². The van der Waals surface area contributed by atoms with Gasteiger partial charge in [0, 0.05) is 25.3 Å². The Morgan fingerprint density at radius 3 is 2.50 bits per heavy atom. The molecule has 6 heteroatoms. The second-order valence-electron chi connectivity index (χ2n) is 6.79. The van der Waals surface area contributed by atoms with Crippen LogP contribution in [0.5, 0.6) is 0 Å². The molecule has 0 spiro atoms. The number of amidine groups is 1. The number of anilines is 1. The third-order valence-corrected chi connectivity index (χ3v) is 5.94. The standard InChI is InChI=1S/C22H22FN3OS/c1-2-26-21(27)20(28-22(26)24-19-8-4-3-7-18(19)23)15-16-9-11-17(12-10-16)25-13-5-6-14-25/h3-4,7-12,15H,2,5-6,13-14H2,1H3/b20-15+,24-22?. The van der Waals surface area contributed by atoms with Crippen LogP contribution in [0.15, 0.2) is 58.4 Å². The summed E-state index contributed by atoms with van der Waals surface area (Å²) in [7, 11) is 0. The number of hydrogen-bond acceptors (Lipinski definition) is 4. The van der Waals surface area contributed by atoms with Gasteiger partial charge in [-0.2, -0.15) is 0 Å². The molecule has 2 saturated heterocycles. The minimum atomic E-state index is -0.394. The normalized spacial score (nSPS) is 20.0. The van der Waals surface area contributed by atoms with Gasteiger partial charge in [-0.25, -0.2) is 9.38 Å². The number of nitrogens with zero attached hydrogens (tertiary/aromatic N) is 3. The molecule has 0 aromatic heterocycles. The van der Waals surface area contributed by atoms with Gasteiger partial charge >= 0.3 is 0 Å². The molecule has 1 amide bonds. The van der Waals surface area contributed by atoms with Crippen LogP contribution in [-0.4, -0.2) is 35.6 Å². The van der Waals surface area contributed by atoms with Gasteiger partial charge in [0.2, 0.25) is 0 Å². The summed E-state index contributed by atoms with van der Waals surface area (Å²) in [5, 5.41) is 0.512. The summed E-state index contributed by atoms with van der Waals surface area (Å²) in [4.78, 5) is 21.7. The van der Waals surface area contributed by atoms with E-state index in [1.807, 2.05) is 25.1 Å². The van der Waals surface area contributed by atoms with Gasteiger partial charge in [-0.1, -0.05) is 24.3 Å². The molecule has 0 unspecified atom stereocenters. The lowest BCUT2D eigenvalue weighted by atomic mass is 10.2. The molecule has 0 radical (unpaired) electrons. The van der Waals surface area contributed by atoms with Crippen LogP contribution in [0.3, 0.4) is 0 Å². The fraction of sp³-hybridized carbons (Fsp3) is 0.273. The Bertz CT molecular complexity index is 933. The number of halogens is 1. The Hall–Kier alpha value is -2.60. The number of hydrogen-bond donors (Lipinski definition) is 0. The fourth-order valence-corrected chi connectivity index (χ4v) is 4.48. The van der Waals surface area contributed by atoms with Crippen LogP contribution >= 0.6 is 11.8 Å². The van der Waals surface area contributed by atoms with Crippen LogP contribution in [0.25, 0.3) is 6.08 Å². The second-order valence-corrected chi connectivity index (χ2v) is 7.80. The maximum absolute atomic E-state index is 13.9. The molecule has 0 aliphatic carbocycles. The number of likely N-dealkylation sites (N-methyl/N-ethyl adjacent to an activating group) is 1. The smallest absolute Gasteiger partial charge is 0.266 e. The average molecular weight is 396 g/mol. The van der Waals surface area contributed by atoms with Crippen molar-refractivity contribution in [3.05, 3.63) is 64.8 Å². The zero-order valence-corrected chi connectivity index (χ0v) is 16.6. The van der Waals surface area contributed by atoms with Crippen molar-refractivity contribution in [2.24, 2.45) is 4.99 Å². The summed E-state index contributed by atoms with van der Waals surface area (Å²) >= 11 is 1.29. The van der Waals surface area contributed by atoms with Crippen LogP contribution in [0.1, 0.15) is 25.3 Å². The molecular formula is C22H22FN3OS. The number of carbonyl (C=O) groups is 1. The number of para-hydroxylation sites is 1. The molecule has 2 fully saturated rings. The number of rotatable bonds is 4. The topological polar surface area (TPSA) is 35.9 Å². The van der Waals surface area contributed by atoms with Crippen LogP contribution in [0, 0.1) is 5.82 Å². The minimum Gasteiger partial charge on any atom is -0.372 e. The summed E-state index contributed by atoms with van der Waals surface area (Å²) in [5.74, 6) is -0.486. The number of thioether (sulfide) groups is 1. The van der Waals surface area contributed by atoms with Crippen molar-refractivity contribution < 1.29 is 9.18 Å². The summed E-state index contributed by atoms with van der Waals surface area (Å²) in [6.45, 7) is 4.60. The molecule has 2 aromatic carbocycles. The quantitative estimate of drug-likeness (QED) is 0.680. The summed E-state index contributed by atoms with van der Waals surface area (Å²) < 4.78 is 13.9. The van der Waals surface area contributed by atoms with Gasteiger partial charge in [0.05, 0.1) is 4.91 Å². The lowest BCUT2D eigenvalue weighted by molar-refractivity contribution is -0.122. The highest BCUT2D eigenvalue weighted by Crippen LogP contribution is 2.34. The van der Waals surface area contributed by atoms with Crippen molar-refractivity contribution >= 4 is 40.3 Å². The van der Waals surface area contributed by atoms with Gasteiger partial charge in [0.15, 0.2) is 5.17 Å². The lowest BCUT2D eigenvalue weighted by Gasteiger charge is -2.17. The first kappa shape index (κ1) is 18.7. The first-order valence-electron chi connectivity index (χ1n) is 9.55. The minimum absolute atomic E-state index is 0.0915. The fourth-order valence-electron chi connectivity index (χ4n) is 3.42.